The Morgan fingerprint density at radius 3 is 2.72 bits per heavy atom. The Hall–Kier alpha value is -0.680. The number of rotatable bonds is 5. The maximum Gasteiger partial charge on any atom is 0.264 e. The number of nitrogens with zero attached hydrogens (tertiary/aromatic N) is 2. The molecule has 0 bridgehead atoms. The first-order chi connectivity index (χ1) is 8.33. The van der Waals surface area contributed by atoms with Crippen LogP contribution in [0.2, 0.25) is 0 Å². The van der Waals surface area contributed by atoms with Crippen molar-refractivity contribution in [3.05, 3.63) is 10.6 Å². The van der Waals surface area contributed by atoms with Gasteiger partial charge in [0.1, 0.15) is 4.88 Å². The fraction of sp³-hybridized carbons (Fsp3) is 0.750. The van der Waals surface area contributed by atoms with E-state index in [1.807, 2.05) is 6.92 Å². The van der Waals surface area contributed by atoms with Crippen molar-refractivity contribution < 1.29 is 4.79 Å². The fourth-order valence-electron chi connectivity index (χ4n) is 1.63. The number of alkyl halides is 1. The third-order valence-corrected chi connectivity index (χ3v) is 3.49. The normalized spacial score (nSPS) is 13.4. The Morgan fingerprint density at radius 2 is 2.17 bits per heavy atom. The van der Waals surface area contributed by atoms with Gasteiger partial charge >= 0.3 is 0 Å². The number of aromatic nitrogens is 2. The lowest BCUT2D eigenvalue weighted by Crippen LogP contribution is -2.31. The van der Waals surface area contributed by atoms with E-state index < -0.39 is 0 Å². The molecule has 0 radical (unpaired) electrons. The lowest BCUT2D eigenvalue weighted by molar-refractivity contribution is 0.0955. The molecule has 0 spiro atoms. The summed E-state index contributed by atoms with van der Waals surface area (Å²) in [7, 11) is 0. The number of nitrogens with one attached hydrogen (secondary N) is 1. The van der Waals surface area contributed by atoms with Gasteiger partial charge in [-0.25, -0.2) is 0 Å². The molecule has 0 fully saturated rings. The highest BCUT2D eigenvalue weighted by Crippen LogP contribution is 2.23. The van der Waals surface area contributed by atoms with Crippen molar-refractivity contribution >= 4 is 29.0 Å². The quantitative estimate of drug-likeness (QED) is 0.848. The van der Waals surface area contributed by atoms with E-state index in [1.165, 1.54) is 0 Å². The molecule has 1 atom stereocenters. The van der Waals surface area contributed by atoms with Crippen LogP contribution in [0.25, 0.3) is 0 Å². The molecule has 1 aromatic heterocycles. The molecule has 0 saturated carbocycles. The Morgan fingerprint density at radius 1 is 1.50 bits per heavy atom. The van der Waals surface area contributed by atoms with Gasteiger partial charge in [-0.3, -0.25) is 4.79 Å². The van der Waals surface area contributed by atoms with Crippen molar-refractivity contribution in [2.75, 3.05) is 6.54 Å². The third kappa shape index (κ3) is 4.90. The zero-order valence-corrected chi connectivity index (χ0v) is 12.9. The Kier molecular flexibility index (Phi) is 5.53. The standard InChI is InChI=1S/C12H20ClN3OS/c1-5-9-10(18-16-15-9)11(17)14-7-8(13)6-12(2,3)4/h8H,5-7H2,1-4H3,(H,14,17). The van der Waals surface area contributed by atoms with Gasteiger partial charge < -0.3 is 5.32 Å². The molecule has 102 valence electrons. The Balaban J connectivity index is 2.47. The van der Waals surface area contributed by atoms with Gasteiger partial charge in [0.2, 0.25) is 0 Å². The average molecular weight is 290 g/mol. The van der Waals surface area contributed by atoms with Crippen molar-refractivity contribution in [2.45, 2.75) is 45.9 Å². The number of amides is 1. The van der Waals surface area contributed by atoms with E-state index in [4.69, 9.17) is 11.6 Å². The van der Waals surface area contributed by atoms with E-state index in [0.29, 0.717) is 17.8 Å². The summed E-state index contributed by atoms with van der Waals surface area (Å²) in [6.07, 6.45) is 1.57. The van der Waals surface area contributed by atoms with E-state index >= 15 is 0 Å². The van der Waals surface area contributed by atoms with Crippen LogP contribution >= 0.6 is 23.1 Å². The van der Waals surface area contributed by atoms with Crippen LogP contribution in [0.3, 0.4) is 0 Å². The first kappa shape index (κ1) is 15.4. The summed E-state index contributed by atoms with van der Waals surface area (Å²) in [5.41, 5.74) is 0.914. The SMILES string of the molecule is CCc1nnsc1C(=O)NCC(Cl)CC(C)(C)C. The van der Waals surface area contributed by atoms with E-state index in [0.717, 1.165) is 23.6 Å². The van der Waals surface area contributed by atoms with E-state index in [9.17, 15) is 4.79 Å². The van der Waals surface area contributed by atoms with Gasteiger partial charge in [-0.2, -0.15) is 0 Å². The first-order valence-electron chi connectivity index (χ1n) is 6.07. The summed E-state index contributed by atoms with van der Waals surface area (Å²) >= 11 is 7.33. The van der Waals surface area contributed by atoms with E-state index in [2.05, 4.69) is 35.7 Å². The lowest BCUT2D eigenvalue weighted by atomic mass is 9.90. The molecule has 4 nitrogen and oxygen atoms in total. The molecule has 1 amide bonds. The highest BCUT2D eigenvalue weighted by molar-refractivity contribution is 7.08. The zero-order valence-electron chi connectivity index (χ0n) is 11.3. The predicted molar refractivity (Wildman–Crippen MR) is 75.3 cm³/mol. The van der Waals surface area contributed by atoms with Crippen molar-refractivity contribution in [1.29, 1.82) is 0 Å². The molecule has 18 heavy (non-hydrogen) atoms. The summed E-state index contributed by atoms with van der Waals surface area (Å²) in [6, 6.07) is 0. The highest BCUT2D eigenvalue weighted by Gasteiger charge is 2.19. The molecule has 1 heterocycles. The molecule has 1 aromatic rings. The van der Waals surface area contributed by atoms with Gasteiger partial charge in [-0.15, -0.1) is 16.7 Å². The number of hydrogen-bond acceptors (Lipinski definition) is 4. The molecule has 6 heteroatoms. The number of carbonyl (C=O) groups excluding carboxylic acids is 1. The van der Waals surface area contributed by atoms with Crippen LogP contribution in [-0.4, -0.2) is 27.4 Å². The molecule has 0 aliphatic heterocycles. The second-order valence-corrected chi connectivity index (χ2v) is 6.85. The zero-order chi connectivity index (χ0) is 13.8. The molecule has 1 N–H and O–H groups in total. The number of aryl methyl sites for hydroxylation is 1. The van der Waals surface area contributed by atoms with Gasteiger partial charge in [0.05, 0.1) is 11.1 Å². The molecule has 0 aliphatic carbocycles. The number of halogens is 1. The molecule has 0 aliphatic rings. The Bertz CT molecular complexity index is 400. The first-order valence-corrected chi connectivity index (χ1v) is 7.28. The fourth-order valence-corrected chi connectivity index (χ4v) is 2.84. The van der Waals surface area contributed by atoms with Crippen molar-refractivity contribution in [3.63, 3.8) is 0 Å². The third-order valence-electron chi connectivity index (χ3n) is 2.41. The summed E-state index contributed by atoms with van der Waals surface area (Å²) in [4.78, 5) is 12.5. The highest BCUT2D eigenvalue weighted by atomic mass is 35.5. The predicted octanol–water partition coefficient (Wildman–Crippen LogP) is 2.87. The molecule has 1 unspecified atom stereocenters. The minimum Gasteiger partial charge on any atom is -0.350 e. The van der Waals surface area contributed by atoms with Gasteiger partial charge in [-0.05, 0) is 29.8 Å². The van der Waals surface area contributed by atoms with E-state index in [-0.39, 0.29) is 16.7 Å². The summed E-state index contributed by atoms with van der Waals surface area (Å²) in [6.45, 7) is 8.82. The second kappa shape index (κ2) is 6.48. The lowest BCUT2D eigenvalue weighted by Gasteiger charge is -2.21. The summed E-state index contributed by atoms with van der Waals surface area (Å²) in [5.74, 6) is -0.124. The summed E-state index contributed by atoms with van der Waals surface area (Å²) in [5, 5.41) is 6.70. The monoisotopic (exact) mass is 289 g/mol. The Labute approximate surface area is 117 Å². The minimum absolute atomic E-state index is 0.0556. The molecular weight excluding hydrogens is 270 g/mol. The topological polar surface area (TPSA) is 54.9 Å². The number of hydrogen-bond donors (Lipinski definition) is 1. The van der Waals surface area contributed by atoms with Crippen LogP contribution in [0, 0.1) is 5.41 Å². The maximum atomic E-state index is 11.9. The minimum atomic E-state index is -0.124. The maximum absolute atomic E-state index is 11.9. The van der Waals surface area contributed by atoms with Crippen molar-refractivity contribution in [2.24, 2.45) is 5.41 Å². The summed E-state index contributed by atoms with van der Waals surface area (Å²) < 4.78 is 3.80. The second-order valence-electron chi connectivity index (χ2n) is 5.47. The van der Waals surface area contributed by atoms with Crippen LogP contribution < -0.4 is 5.32 Å². The molecule has 0 saturated heterocycles. The van der Waals surface area contributed by atoms with Gasteiger partial charge in [0, 0.05) is 6.54 Å². The number of carbonyl (C=O) groups is 1. The molecule has 0 aromatic carbocycles. The molecule has 1 rings (SSSR count). The van der Waals surface area contributed by atoms with Crippen molar-refractivity contribution in [1.82, 2.24) is 14.9 Å². The van der Waals surface area contributed by atoms with Crippen LogP contribution in [0.1, 0.15) is 49.5 Å². The molecular formula is C12H20ClN3OS. The van der Waals surface area contributed by atoms with Crippen LogP contribution in [-0.2, 0) is 6.42 Å². The van der Waals surface area contributed by atoms with Gasteiger partial charge in [0.15, 0.2) is 0 Å². The van der Waals surface area contributed by atoms with Gasteiger partial charge in [-0.1, -0.05) is 32.2 Å². The van der Waals surface area contributed by atoms with Crippen molar-refractivity contribution in [3.8, 4) is 0 Å². The van der Waals surface area contributed by atoms with E-state index in [1.54, 1.807) is 0 Å². The smallest absolute Gasteiger partial charge is 0.264 e. The van der Waals surface area contributed by atoms with Crippen LogP contribution in [0.4, 0.5) is 0 Å². The average Bonchev–Trinajstić information content (AvgIpc) is 2.71. The largest absolute Gasteiger partial charge is 0.350 e. The van der Waals surface area contributed by atoms with Gasteiger partial charge in [0.25, 0.3) is 5.91 Å². The van der Waals surface area contributed by atoms with Crippen LogP contribution in [0.5, 0.6) is 0 Å². The van der Waals surface area contributed by atoms with Crippen LogP contribution in [0.15, 0.2) is 0 Å².